The molecule has 17 heteroatoms. The van der Waals surface area contributed by atoms with E-state index in [-0.39, 0.29) is 38.7 Å². The van der Waals surface area contributed by atoms with Crippen LogP contribution in [-0.2, 0) is 23.4 Å². The van der Waals surface area contributed by atoms with Gasteiger partial charge in [0.05, 0.1) is 5.94 Å². The van der Waals surface area contributed by atoms with Crippen LogP contribution >= 0.6 is 27.0 Å². The second-order valence-electron chi connectivity index (χ2n) is 20.0. The molecular weight excluding hydrogens is 778 g/mol. The second-order valence-corrected chi connectivity index (χ2v) is 20.0. The third-order valence-corrected chi connectivity index (χ3v) is 9.86. The zero-order valence-corrected chi connectivity index (χ0v) is 42.0. The van der Waals surface area contributed by atoms with Gasteiger partial charge in [-0.25, -0.2) is 9.59 Å². The number of rotatable bonds is 10. The Balaban J connectivity index is -0.000000736. The molecule has 58 heavy (non-hydrogen) atoms. The van der Waals surface area contributed by atoms with E-state index in [1.165, 1.54) is 77.8 Å². The van der Waals surface area contributed by atoms with Gasteiger partial charge in [-0.15, -0.1) is 0 Å². The van der Waals surface area contributed by atoms with E-state index in [1.807, 2.05) is 20.8 Å². The maximum Gasteiger partial charge on any atom is 0.638 e. The molecule has 0 aromatic heterocycles. The third-order valence-electron chi connectivity index (χ3n) is 9.86. The van der Waals surface area contributed by atoms with Crippen molar-refractivity contribution < 1.29 is 43.1 Å². The van der Waals surface area contributed by atoms with Gasteiger partial charge in [-0.05, 0) is 131 Å². The fraction of sp³-hybridized carbons (Fsp3) is 0.951. The van der Waals surface area contributed by atoms with Gasteiger partial charge in [0.25, 0.3) is 0 Å². The quantitative estimate of drug-likeness (QED) is 0.211. The smallest absolute Gasteiger partial charge is 0.444 e. The van der Waals surface area contributed by atoms with E-state index in [2.05, 4.69) is 79.4 Å². The molecule has 3 aliphatic rings. The summed E-state index contributed by atoms with van der Waals surface area (Å²) in [5, 5.41) is 18.2. The Labute approximate surface area is 370 Å². The number of ether oxygens (including phenoxy) is 2. The highest BCUT2D eigenvalue weighted by Crippen LogP contribution is 2.29. The van der Waals surface area contributed by atoms with Gasteiger partial charge in [-0.3, -0.25) is 0 Å². The number of nitrogens with zero attached hydrogens (tertiary/aromatic N) is 4. The third kappa shape index (κ3) is 28.6. The van der Waals surface area contributed by atoms with E-state index in [4.69, 9.17) is 19.5 Å². The van der Waals surface area contributed by atoms with E-state index in [1.54, 1.807) is 25.7 Å². The van der Waals surface area contributed by atoms with Crippen molar-refractivity contribution in [3.8, 4) is 0 Å². The summed E-state index contributed by atoms with van der Waals surface area (Å²) in [6, 6.07) is 1.50. The van der Waals surface area contributed by atoms with Crippen LogP contribution in [0.2, 0.25) is 0 Å². The fourth-order valence-corrected chi connectivity index (χ4v) is 6.64. The van der Waals surface area contributed by atoms with Crippen LogP contribution in [0, 0.1) is 10.8 Å². The van der Waals surface area contributed by atoms with Gasteiger partial charge in [-0.1, -0.05) is 54.4 Å². The van der Waals surface area contributed by atoms with Crippen LogP contribution in [0.5, 0.6) is 0 Å². The van der Waals surface area contributed by atoms with Crippen LogP contribution in [0.1, 0.15) is 147 Å². The van der Waals surface area contributed by atoms with Crippen molar-refractivity contribution in [3.05, 3.63) is 0 Å². The van der Waals surface area contributed by atoms with Gasteiger partial charge >= 0.3 is 26.6 Å². The van der Waals surface area contributed by atoms with E-state index in [0.29, 0.717) is 23.8 Å². The van der Waals surface area contributed by atoms with Crippen molar-refractivity contribution >= 4 is 53.6 Å². The first-order valence-electron chi connectivity index (χ1n) is 21.0. The summed E-state index contributed by atoms with van der Waals surface area (Å²) in [5.41, 5.74) is -0.0303. The molecule has 0 aromatic rings. The maximum atomic E-state index is 11.7. The lowest BCUT2D eigenvalue weighted by atomic mass is 9.78. The normalized spacial score (nSPS) is 19.6. The molecule has 0 spiro atoms. The number of hydrogen-bond donors (Lipinski definition) is 2. The summed E-state index contributed by atoms with van der Waals surface area (Å²) < 4.78 is 24.2. The summed E-state index contributed by atoms with van der Waals surface area (Å²) in [7, 11) is 7.24. The molecule has 1 aliphatic carbocycles. The molecule has 2 heterocycles. The van der Waals surface area contributed by atoms with Crippen molar-refractivity contribution in [2.45, 2.75) is 177 Å². The first-order chi connectivity index (χ1) is 25.6. The fourth-order valence-electron chi connectivity index (χ4n) is 6.64. The lowest BCUT2D eigenvalue weighted by molar-refractivity contribution is 0.0250. The minimum Gasteiger partial charge on any atom is -0.444 e. The van der Waals surface area contributed by atoms with Crippen molar-refractivity contribution in [2.24, 2.45) is 10.8 Å². The number of carbonyl (C=O) groups is 2. The molecule has 3 atom stereocenters. The van der Waals surface area contributed by atoms with Gasteiger partial charge < -0.3 is 53.1 Å². The predicted octanol–water partition coefficient (Wildman–Crippen LogP) is 7.58. The number of carbonyl (C=O) groups excluding carboxylic acids is 2. The first-order valence-corrected chi connectivity index (χ1v) is 21.0. The van der Waals surface area contributed by atoms with E-state index in [9.17, 15) is 9.59 Å². The van der Waals surface area contributed by atoms with Crippen LogP contribution in [0.3, 0.4) is 0 Å². The predicted molar refractivity (Wildman–Crippen MR) is 250 cm³/mol. The summed E-state index contributed by atoms with van der Waals surface area (Å²) in [4.78, 5) is 31.5. The Kier molecular flexibility index (Phi) is 31.1. The van der Waals surface area contributed by atoms with Crippen LogP contribution in [0.15, 0.2) is 0 Å². The highest BCUT2D eigenvalue weighted by Gasteiger charge is 2.39. The molecule has 2 N–H and O–H groups in total. The molecule has 1 saturated carbocycles. The molecule has 0 bridgehead atoms. The van der Waals surface area contributed by atoms with Gasteiger partial charge in [0.1, 0.15) is 11.2 Å². The molecule has 2 aliphatic heterocycles. The van der Waals surface area contributed by atoms with Crippen LogP contribution in [0.25, 0.3) is 0 Å². The Morgan fingerprint density at radius 1 is 0.603 bits per heavy atom. The lowest BCUT2D eigenvalue weighted by Crippen LogP contribution is -2.52. The Morgan fingerprint density at radius 2 is 0.983 bits per heavy atom. The standard InChI is InChI=1S/C20H42N2.C9H18BNO4.C9H17NO2.C3H9BO3.2H2S/c1-19(2,3)13-15-21(7)17-11-9-10-12-18(17)22(8)16-14-20(4,5)6;1-9(2,3)15-8(12)11-6-4-5-7(11)10(13)14;1-9(2,3)12-8(11)10-6-4-5-7-10;1-5-4(6-2)7-3;;/h17-18H,9-16H2,1-8H3;7,13-14H,4-6H2,1-3H3;4-7H2,1-3H3;1-3H3;2*1H2/t17-,18-;7-;;;;/m00..../s1. The Hall–Kier alpha value is -0.910. The monoisotopic (exact) mass is 869 g/mol. The van der Waals surface area contributed by atoms with Gasteiger partial charge in [0.2, 0.25) is 0 Å². The highest BCUT2D eigenvalue weighted by molar-refractivity contribution is 7.59. The van der Waals surface area contributed by atoms with Crippen molar-refractivity contribution in [1.29, 1.82) is 0 Å². The Bertz CT molecular complexity index is 1040. The molecule has 13 nitrogen and oxygen atoms in total. The van der Waals surface area contributed by atoms with Crippen molar-refractivity contribution in [1.82, 2.24) is 19.6 Å². The minimum atomic E-state index is -1.49. The molecular formula is C41H90B2N4O9S2. The van der Waals surface area contributed by atoms with Crippen LogP contribution in [0.4, 0.5) is 9.59 Å². The average Bonchev–Trinajstić information content (AvgIpc) is 3.80. The second kappa shape index (κ2) is 29.4. The number of amides is 2. The summed E-state index contributed by atoms with van der Waals surface area (Å²) >= 11 is 0. The summed E-state index contributed by atoms with van der Waals surface area (Å²) in [5.74, 6) is -0.528. The molecule has 3 fully saturated rings. The first kappa shape index (κ1) is 61.4. The largest absolute Gasteiger partial charge is 0.638 e. The van der Waals surface area contributed by atoms with Crippen molar-refractivity contribution in [2.75, 3.05) is 68.1 Å². The van der Waals surface area contributed by atoms with E-state index < -0.39 is 32.1 Å². The summed E-state index contributed by atoms with van der Waals surface area (Å²) in [6.45, 7) is 29.9. The highest BCUT2D eigenvalue weighted by atomic mass is 32.1. The van der Waals surface area contributed by atoms with Crippen LogP contribution in [-0.4, -0.2) is 154 Å². The van der Waals surface area contributed by atoms with Gasteiger partial charge in [0, 0.05) is 53.0 Å². The van der Waals surface area contributed by atoms with E-state index >= 15 is 0 Å². The SMILES string of the molecule is CC(C)(C)OC(=O)N1CCCC1.CC(C)(C)OC(=O)N1CCC[C@H]1B(O)O.CN(CCC(C)(C)C)[C@H]1CCCC[C@@H]1N(C)CCC(C)(C)C.COB(OC)OC.S.S. The molecule has 0 radical (unpaired) electrons. The summed E-state index contributed by atoms with van der Waals surface area (Å²) in [6.07, 6.45) is 11.1. The molecule has 2 amide bonds. The lowest BCUT2D eigenvalue weighted by Gasteiger charge is -2.43. The Morgan fingerprint density at radius 3 is 1.29 bits per heavy atom. The number of likely N-dealkylation sites (N-methyl/N-ethyl adjacent to an activating group) is 2. The van der Waals surface area contributed by atoms with Gasteiger partial charge in [0.15, 0.2) is 0 Å². The van der Waals surface area contributed by atoms with Crippen molar-refractivity contribution in [3.63, 3.8) is 0 Å². The molecule has 2 saturated heterocycles. The maximum absolute atomic E-state index is 11.7. The molecule has 3 rings (SSSR count). The van der Waals surface area contributed by atoms with E-state index in [0.717, 1.165) is 44.4 Å². The minimum absolute atomic E-state index is 0. The molecule has 0 aromatic carbocycles. The average molecular weight is 869 g/mol. The zero-order valence-electron chi connectivity index (χ0n) is 40.0. The number of likely N-dealkylation sites (tertiary alicyclic amines) is 2. The molecule has 0 unspecified atom stereocenters. The zero-order chi connectivity index (χ0) is 43.5. The van der Waals surface area contributed by atoms with Crippen LogP contribution < -0.4 is 0 Å². The van der Waals surface area contributed by atoms with Gasteiger partial charge in [-0.2, -0.15) is 27.0 Å². The topological polar surface area (TPSA) is 134 Å². The number of hydrogen-bond acceptors (Lipinski definition) is 11. The molecule has 346 valence electrons.